The van der Waals surface area contributed by atoms with Crippen LogP contribution >= 0.6 is 0 Å². The molecule has 0 radical (unpaired) electrons. The first-order valence-corrected chi connectivity index (χ1v) is 13.8. The molecule has 0 bridgehead atoms. The molecule has 0 amide bonds. The van der Waals surface area contributed by atoms with E-state index in [0.29, 0.717) is 19.1 Å². The Balaban J connectivity index is 1.13. The fraction of sp³-hybridized carbons (Fsp3) is 0.250. The van der Waals surface area contributed by atoms with Gasteiger partial charge in [-0.1, -0.05) is 36.4 Å². The van der Waals surface area contributed by atoms with Crippen LogP contribution in [-0.2, 0) is 6.54 Å². The lowest BCUT2D eigenvalue weighted by molar-refractivity contribution is 0.238. The summed E-state index contributed by atoms with van der Waals surface area (Å²) in [5, 5.41) is 11.6. The van der Waals surface area contributed by atoms with Crippen molar-refractivity contribution in [1.29, 1.82) is 0 Å². The second-order valence-corrected chi connectivity index (χ2v) is 9.91. The third-order valence-corrected chi connectivity index (χ3v) is 7.18. The lowest BCUT2D eigenvalue weighted by Gasteiger charge is -2.15. The van der Waals surface area contributed by atoms with E-state index in [4.69, 9.17) is 19.6 Å². The first kappa shape index (κ1) is 25.7. The van der Waals surface area contributed by atoms with Gasteiger partial charge in [-0.3, -0.25) is 4.90 Å². The van der Waals surface area contributed by atoms with Gasteiger partial charge in [-0.25, -0.2) is 4.52 Å². The van der Waals surface area contributed by atoms with Crippen LogP contribution in [0.1, 0.15) is 18.4 Å². The largest absolute Gasteiger partial charge is 0.496 e. The number of hydrogen-bond donors (Lipinski definition) is 2. The summed E-state index contributed by atoms with van der Waals surface area (Å²) in [7, 11) is 1.70. The van der Waals surface area contributed by atoms with Gasteiger partial charge in [-0.15, -0.1) is 5.10 Å². The molecule has 0 spiro atoms. The molecule has 204 valence electrons. The average molecular weight is 535 g/mol. The topological polar surface area (TPSA) is 75.9 Å². The fourth-order valence-corrected chi connectivity index (χ4v) is 5.07. The molecule has 0 atom stereocenters. The van der Waals surface area contributed by atoms with E-state index < -0.39 is 0 Å². The average Bonchev–Trinajstić information content (AvgIpc) is 3.67. The SMILES string of the molecule is COc1ccccc1CNc1cccc(-c2cccc3nc(Nc4ccc(OCCN5CCCC5)cc4)nn23)c1. The number of anilines is 3. The molecule has 6 rings (SSSR count). The van der Waals surface area contributed by atoms with Gasteiger partial charge in [0.2, 0.25) is 5.95 Å². The van der Waals surface area contributed by atoms with Crippen LogP contribution in [0.2, 0.25) is 0 Å². The number of pyridine rings is 1. The summed E-state index contributed by atoms with van der Waals surface area (Å²) < 4.78 is 13.3. The molecule has 3 aromatic carbocycles. The van der Waals surface area contributed by atoms with Gasteiger partial charge in [-0.2, -0.15) is 4.98 Å². The van der Waals surface area contributed by atoms with Gasteiger partial charge >= 0.3 is 0 Å². The van der Waals surface area contributed by atoms with Crippen LogP contribution in [0.4, 0.5) is 17.3 Å². The molecule has 8 heteroatoms. The fourth-order valence-electron chi connectivity index (χ4n) is 5.07. The van der Waals surface area contributed by atoms with E-state index >= 15 is 0 Å². The maximum absolute atomic E-state index is 5.93. The van der Waals surface area contributed by atoms with Gasteiger partial charge in [-0.05, 0) is 80.5 Å². The maximum Gasteiger partial charge on any atom is 0.247 e. The number of hydrogen-bond acceptors (Lipinski definition) is 7. The van der Waals surface area contributed by atoms with Gasteiger partial charge in [0, 0.05) is 35.6 Å². The summed E-state index contributed by atoms with van der Waals surface area (Å²) >= 11 is 0. The Morgan fingerprint density at radius 3 is 2.52 bits per heavy atom. The van der Waals surface area contributed by atoms with Crippen LogP contribution in [0.5, 0.6) is 11.5 Å². The molecule has 0 aliphatic carbocycles. The molecule has 2 N–H and O–H groups in total. The zero-order valence-electron chi connectivity index (χ0n) is 22.7. The Morgan fingerprint density at radius 1 is 0.850 bits per heavy atom. The molecular weight excluding hydrogens is 500 g/mol. The predicted octanol–water partition coefficient (Wildman–Crippen LogP) is 6.24. The molecule has 1 aliphatic rings. The van der Waals surface area contributed by atoms with E-state index in [2.05, 4.69) is 45.9 Å². The number of likely N-dealkylation sites (tertiary alicyclic amines) is 1. The number of aromatic nitrogens is 3. The van der Waals surface area contributed by atoms with Crippen LogP contribution < -0.4 is 20.1 Å². The Labute approximate surface area is 234 Å². The van der Waals surface area contributed by atoms with Gasteiger partial charge in [0.15, 0.2) is 5.65 Å². The summed E-state index contributed by atoms with van der Waals surface area (Å²) in [6.07, 6.45) is 2.60. The Hall–Kier alpha value is -4.56. The molecule has 1 saturated heterocycles. The molecule has 1 aliphatic heterocycles. The number of nitrogens with one attached hydrogen (secondary N) is 2. The first-order valence-electron chi connectivity index (χ1n) is 13.8. The van der Waals surface area contributed by atoms with E-state index in [1.807, 2.05) is 65.2 Å². The summed E-state index contributed by atoms with van der Waals surface area (Å²) in [4.78, 5) is 7.15. The zero-order valence-corrected chi connectivity index (χ0v) is 22.7. The molecule has 3 heterocycles. The van der Waals surface area contributed by atoms with E-state index in [1.54, 1.807) is 7.11 Å². The highest BCUT2D eigenvalue weighted by Crippen LogP contribution is 2.26. The minimum absolute atomic E-state index is 0.542. The summed E-state index contributed by atoms with van der Waals surface area (Å²) in [6.45, 7) is 4.73. The molecule has 1 fully saturated rings. The quantitative estimate of drug-likeness (QED) is 0.208. The number of ether oxygens (including phenoxy) is 2. The molecule has 2 aromatic heterocycles. The third-order valence-electron chi connectivity index (χ3n) is 7.18. The number of methoxy groups -OCH3 is 1. The van der Waals surface area contributed by atoms with E-state index in [-0.39, 0.29) is 0 Å². The van der Waals surface area contributed by atoms with Crippen molar-refractivity contribution in [3.8, 4) is 22.8 Å². The molecule has 8 nitrogen and oxygen atoms in total. The van der Waals surface area contributed by atoms with Gasteiger partial charge in [0.05, 0.1) is 12.8 Å². The van der Waals surface area contributed by atoms with Crippen molar-refractivity contribution in [2.24, 2.45) is 0 Å². The summed E-state index contributed by atoms with van der Waals surface area (Å²) in [5.41, 5.74) is 5.80. The third kappa shape index (κ3) is 6.02. The lowest BCUT2D eigenvalue weighted by Crippen LogP contribution is -2.25. The monoisotopic (exact) mass is 534 g/mol. The van der Waals surface area contributed by atoms with Gasteiger partial charge in [0.1, 0.15) is 18.1 Å². The van der Waals surface area contributed by atoms with E-state index in [1.165, 1.54) is 25.9 Å². The van der Waals surface area contributed by atoms with Crippen molar-refractivity contribution in [3.05, 3.63) is 96.6 Å². The van der Waals surface area contributed by atoms with Crippen molar-refractivity contribution < 1.29 is 9.47 Å². The van der Waals surface area contributed by atoms with Crippen LogP contribution in [-0.4, -0.2) is 52.8 Å². The smallest absolute Gasteiger partial charge is 0.247 e. The standard InChI is InChI=1S/C32H34N6O2/c1-39-30-12-3-2-8-25(30)23-33-27-10-6-9-24(22-27)29-11-7-13-31-35-32(36-38(29)31)34-26-14-16-28(17-15-26)40-21-20-37-18-4-5-19-37/h2-3,6-17,22,33H,4-5,18-21,23H2,1H3,(H,34,36). The van der Waals surface area contributed by atoms with Crippen molar-refractivity contribution >= 4 is 23.0 Å². The number of rotatable bonds is 11. The van der Waals surface area contributed by atoms with E-state index in [9.17, 15) is 0 Å². The van der Waals surface area contributed by atoms with Crippen molar-refractivity contribution in [2.75, 3.05) is 44.0 Å². The molecular formula is C32H34N6O2. The van der Waals surface area contributed by atoms with Crippen LogP contribution in [0.25, 0.3) is 16.9 Å². The second kappa shape index (κ2) is 12.1. The molecule has 0 unspecified atom stereocenters. The zero-order chi connectivity index (χ0) is 27.1. The highest BCUT2D eigenvalue weighted by molar-refractivity contribution is 5.68. The maximum atomic E-state index is 5.93. The number of fused-ring (bicyclic) bond motifs is 1. The highest BCUT2D eigenvalue weighted by atomic mass is 16.5. The Kier molecular flexibility index (Phi) is 7.77. The number of para-hydroxylation sites is 1. The van der Waals surface area contributed by atoms with Crippen LogP contribution in [0, 0.1) is 0 Å². The molecule has 40 heavy (non-hydrogen) atoms. The number of nitrogens with zero attached hydrogens (tertiary/aromatic N) is 4. The summed E-state index contributed by atoms with van der Waals surface area (Å²) in [6, 6.07) is 30.3. The lowest BCUT2D eigenvalue weighted by atomic mass is 10.1. The Morgan fingerprint density at radius 2 is 1.68 bits per heavy atom. The summed E-state index contributed by atoms with van der Waals surface area (Å²) in [5.74, 6) is 2.29. The van der Waals surface area contributed by atoms with Crippen molar-refractivity contribution in [2.45, 2.75) is 19.4 Å². The first-order chi connectivity index (χ1) is 19.7. The van der Waals surface area contributed by atoms with Crippen LogP contribution in [0.3, 0.4) is 0 Å². The van der Waals surface area contributed by atoms with Crippen molar-refractivity contribution in [3.63, 3.8) is 0 Å². The van der Waals surface area contributed by atoms with Crippen molar-refractivity contribution in [1.82, 2.24) is 19.5 Å². The number of benzene rings is 3. The normalized spacial score (nSPS) is 13.4. The Bertz CT molecular complexity index is 1560. The molecule has 5 aromatic rings. The molecule has 0 saturated carbocycles. The predicted molar refractivity (Wildman–Crippen MR) is 160 cm³/mol. The van der Waals surface area contributed by atoms with Gasteiger partial charge < -0.3 is 20.1 Å². The van der Waals surface area contributed by atoms with Gasteiger partial charge in [0.25, 0.3) is 0 Å². The minimum atomic E-state index is 0.542. The highest BCUT2D eigenvalue weighted by Gasteiger charge is 2.12. The second-order valence-electron chi connectivity index (χ2n) is 9.91. The minimum Gasteiger partial charge on any atom is -0.496 e. The van der Waals surface area contributed by atoms with E-state index in [0.717, 1.165) is 51.9 Å². The van der Waals surface area contributed by atoms with Crippen LogP contribution in [0.15, 0.2) is 91.0 Å².